The van der Waals surface area contributed by atoms with Crippen molar-refractivity contribution in [2.24, 2.45) is 0 Å². The Morgan fingerprint density at radius 2 is 2.17 bits per heavy atom. The van der Waals surface area contributed by atoms with Crippen molar-refractivity contribution in [2.45, 2.75) is 13.3 Å². The van der Waals surface area contributed by atoms with Gasteiger partial charge >= 0.3 is 12.0 Å². The van der Waals surface area contributed by atoms with Crippen molar-refractivity contribution >= 4 is 12.0 Å². The van der Waals surface area contributed by atoms with Crippen LogP contribution in [-0.2, 0) is 4.79 Å². The molecule has 0 rings (SSSR count). The predicted octanol–water partition coefficient (Wildman–Crippen LogP) is 0.294. The van der Waals surface area contributed by atoms with Gasteiger partial charge in [0, 0.05) is 18.8 Å². The number of carbonyl (C=O) groups is 2. The lowest BCUT2D eigenvalue weighted by Gasteiger charge is -2.00. The molecule has 12 heavy (non-hydrogen) atoms. The van der Waals surface area contributed by atoms with Gasteiger partial charge in [0.05, 0.1) is 0 Å². The molecule has 68 valence electrons. The summed E-state index contributed by atoms with van der Waals surface area (Å²) < 4.78 is 0. The second kappa shape index (κ2) is 6.21. The Balaban J connectivity index is 3.50. The van der Waals surface area contributed by atoms with Crippen molar-refractivity contribution in [3.05, 3.63) is 12.3 Å². The van der Waals surface area contributed by atoms with Gasteiger partial charge in [0.2, 0.25) is 0 Å². The minimum Gasteiger partial charge on any atom is -0.478 e. The van der Waals surface area contributed by atoms with Crippen molar-refractivity contribution < 1.29 is 14.7 Å². The first-order valence-electron chi connectivity index (χ1n) is 3.60. The normalized spacial score (nSPS) is 9.75. The smallest absolute Gasteiger partial charge is 0.329 e. The highest BCUT2D eigenvalue weighted by Crippen LogP contribution is 1.72. The van der Waals surface area contributed by atoms with Gasteiger partial charge in [-0.1, -0.05) is 6.92 Å². The van der Waals surface area contributed by atoms with E-state index in [-0.39, 0.29) is 0 Å². The van der Waals surface area contributed by atoms with Crippen LogP contribution in [0.4, 0.5) is 4.79 Å². The minimum atomic E-state index is -1.09. The molecule has 5 heteroatoms. The topological polar surface area (TPSA) is 78.4 Å². The summed E-state index contributed by atoms with van der Waals surface area (Å²) in [6, 6.07) is -0.394. The van der Waals surface area contributed by atoms with Gasteiger partial charge in [0.25, 0.3) is 0 Å². The van der Waals surface area contributed by atoms with Crippen LogP contribution in [0.1, 0.15) is 13.3 Å². The molecule has 0 aliphatic heterocycles. The molecule has 0 heterocycles. The number of rotatable bonds is 4. The zero-order valence-corrected chi connectivity index (χ0v) is 6.83. The lowest BCUT2D eigenvalue weighted by atomic mass is 10.5. The molecule has 0 saturated heterocycles. The maximum Gasteiger partial charge on any atom is 0.329 e. The average Bonchev–Trinajstić information content (AvgIpc) is 2.00. The molecular formula is C7H12N2O3. The number of urea groups is 1. The molecule has 0 aromatic rings. The maximum atomic E-state index is 10.7. The van der Waals surface area contributed by atoms with E-state index in [0.29, 0.717) is 6.54 Å². The monoisotopic (exact) mass is 172 g/mol. The summed E-state index contributed by atoms with van der Waals surface area (Å²) in [4.78, 5) is 20.7. The highest BCUT2D eigenvalue weighted by Gasteiger charge is 1.93. The van der Waals surface area contributed by atoms with E-state index < -0.39 is 12.0 Å². The Morgan fingerprint density at radius 1 is 1.50 bits per heavy atom. The minimum absolute atomic E-state index is 0.394. The van der Waals surface area contributed by atoms with Crippen LogP contribution >= 0.6 is 0 Å². The number of aliphatic carboxylic acids is 1. The third kappa shape index (κ3) is 6.60. The second-order valence-corrected chi connectivity index (χ2v) is 2.07. The van der Waals surface area contributed by atoms with Crippen LogP contribution in [0.15, 0.2) is 12.3 Å². The third-order valence-electron chi connectivity index (χ3n) is 0.976. The summed E-state index contributed by atoms with van der Waals surface area (Å²) in [6.07, 6.45) is 2.77. The van der Waals surface area contributed by atoms with Gasteiger partial charge in [-0.3, -0.25) is 0 Å². The largest absolute Gasteiger partial charge is 0.478 e. The molecule has 0 unspecified atom stereocenters. The van der Waals surface area contributed by atoms with Gasteiger partial charge in [0.1, 0.15) is 0 Å². The highest BCUT2D eigenvalue weighted by molar-refractivity contribution is 5.81. The summed E-state index contributed by atoms with van der Waals surface area (Å²) in [5.41, 5.74) is 0. The first-order valence-corrected chi connectivity index (χ1v) is 3.60. The molecule has 0 aliphatic rings. The van der Waals surface area contributed by atoms with Crippen molar-refractivity contribution in [3.63, 3.8) is 0 Å². The molecule has 0 atom stereocenters. The molecule has 0 aromatic heterocycles. The van der Waals surface area contributed by atoms with Gasteiger partial charge in [0.15, 0.2) is 0 Å². The fraction of sp³-hybridized carbons (Fsp3) is 0.429. The molecule has 0 fully saturated rings. The molecule has 5 nitrogen and oxygen atoms in total. The first-order chi connectivity index (χ1) is 5.66. The van der Waals surface area contributed by atoms with Crippen molar-refractivity contribution in [3.8, 4) is 0 Å². The Labute approximate surface area is 70.5 Å². The average molecular weight is 172 g/mol. The second-order valence-electron chi connectivity index (χ2n) is 2.07. The van der Waals surface area contributed by atoms with Crippen molar-refractivity contribution in [2.75, 3.05) is 6.54 Å². The number of carbonyl (C=O) groups excluding carboxylic acids is 1. The Hall–Kier alpha value is -1.52. The number of hydrogen-bond acceptors (Lipinski definition) is 2. The van der Waals surface area contributed by atoms with Crippen LogP contribution < -0.4 is 10.6 Å². The van der Waals surface area contributed by atoms with E-state index in [1.807, 2.05) is 6.92 Å². The van der Waals surface area contributed by atoms with E-state index >= 15 is 0 Å². The lowest BCUT2D eigenvalue weighted by Crippen LogP contribution is -2.32. The molecule has 0 bridgehead atoms. The molecule has 2 amide bonds. The zero-order valence-electron chi connectivity index (χ0n) is 6.83. The fourth-order valence-corrected chi connectivity index (χ4v) is 0.478. The Kier molecular flexibility index (Phi) is 5.42. The standard InChI is InChI=1S/C7H12N2O3/c1-2-4-8-7(12)9-5-3-6(10)11/h3,5H,2,4H2,1H3,(H,10,11)(H2,8,9,12)/b5-3+. The van der Waals surface area contributed by atoms with Gasteiger partial charge in [-0.25, -0.2) is 9.59 Å². The lowest BCUT2D eigenvalue weighted by molar-refractivity contribution is -0.131. The van der Waals surface area contributed by atoms with Crippen LogP contribution in [0.2, 0.25) is 0 Å². The summed E-state index contributed by atoms with van der Waals surface area (Å²) in [7, 11) is 0. The van der Waals surface area contributed by atoms with Crippen LogP contribution in [-0.4, -0.2) is 23.7 Å². The van der Waals surface area contributed by atoms with Crippen molar-refractivity contribution in [1.29, 1.82) is 0 Å². The van der Waals surface area contributed by atoms with Crippen LogP contribution in [0, 0.1) is 0 Å². The van der Waals surface area contributed by atoms with E-state index in [4.69, 9.17) is 5.11 Å². The SMILES string of the molecule is CCCNC(=O)N/C=C/C(=O)O. The number of carboxylic acids is 1. The fourth-order valence-electron chi connectivity index (χ4n) is 0.478. The van der Waals surface area contributed by atoms with Gasteiger partial charge in [-0.15, -0.1) is 0 Å². The maximum absolute atomic E-state index is 10.7. The van der Waals surface area contributed by atoms with Gasteiger partial charge in [-0.2, -0.15) is 0 Å². The van der Waals surface area contributed by atoms with Gasteiger partial charge in [-0.05, 0) is 6.42 Å². The number of nitrogens with one attached hydrogen (secondary N) is 2. The van der Waals surface area contributed by atoms with Crippen LogP contribution in [0.3, 0.4) is 0 Å². The molecule has 0 aromatic carbocycles. The third-order valence-corrected chi connectivity index (χ3v) is 0.976. The zero-order chi connectivity index (χ0) is 9.40. The number of amides is 2. The molecule has 0 radical (unpaired) electrons. The summed E-state index contributed by atoms with van der Waals surface area (Å²) in [6.45, 7) is 2.50. The highest BCUT2D eigenvalue weighted by atomic mass is 16.4. The molecular weight excluding hydrogens is 160 g/mol. The Bertz CT molecular complexity index is 189. The molecule has 0 saturated carbocycles. The van der Waals surface area contributed by atoms with E-state index in [1.54, 1.807) is 0 Å². The molecule has 0 spiro atoms. The predicted molar refractivity (Wildman–Crippen MR) is 43.6 cm³/mol. The van der Waals surface area contributed by atoms with E-state index in [0.717, 1.165) is 18.7 Å². The van der Waals surface area contributed by atoms with E-state index in [1.165, 1.54) is 0 Å². The van der Waals surface area contributed by atoms with E-state index in [9.17, 15) is 9.59 Å². The summed E-state index contributed by atoms with van der Waals surface area (Å²) >= 11 is 0. The molecule has 3 N–H and O–H groups in total. The quantitative estimate of drug-likeness (QED) is 0.533. The summed E-state index contributed by atoms with van der Waals surface area (Å²) in [5, 5.41) is 12.9. The summed E-state index contributed by atoms with van der Waals surface area (Å²) in [5.74, 6) is -1.09. The number of hydrogen-bond donors (Lipinski definition) is 3. The number of carboxylic acid groups (broad SMARTS) is 1. The van der Waals surface area contributed by atoms with Crippen molar-refractivity contribution in [1.82, 2.24) is 10.6 Å². The van der Waals surface area contributed by atoms with Crippen LogP contribution in [0.25, 0.3) is 0 Å². The Morgan fingerprint density at radius 3 is 2.67 bits per heavy atom. The van der Waals surface area contributed by atoms with Gasteiger partial charge < -0.3 is 15.7 Å². The first kappa shape index (κ1) is 10.5. The van der Waals surface area contributed by atoms with Crippen LogP contribution in [0.5, 0.6) is 0 Å². The van der Waals surface area contributed by atoms with E-state index in [2.05, 4.69) is 10.6 Å². The molecule has 0 aliphatic carbocycles.